The number of amides is 2. The first kappa shape index (κ1) is 14.5. The molecule has 0 aromatic heterocycles. The van der Waals surface area contributed by atoms with E-state index in [1.165, 1.54) is 0 Å². The number of hydroxylamine groups is 1. The molecule has 2 N–H and O–H groups in total. The van der Waals surface area contributed by atoms with Gasteiger partial charge >= 0.3 is 6.03 Å². The highest BCUT2D eigenvalue weighted by Gasteiger charge is 2.05. The molecule has 1 aromatic rings. The molecular weight excluding hydrogens is 228 g/mol. The van der Waals surface area contributed by atoms with Gasteiger partial charge in [-0.25, -0.2) is 10.3 Å². The maximum absolute atomic E-state index is 11.4. The summed E-state index contributed by atoms with van der Waals surface area (Å²) in [5.74, 6) is 0.532. The summed E-state index contributed by atoms with van der Waals surface area (Å²) in [5.41, 5.74) is 3.41. The van der Waals surface area contributed by atoms with E-state index in [0.29, 0.717) is 19.1 Å². The Bertz CT molecular complexity index is 337. The van der Waals surface area contributed by atoms with E-state index in [9.17, 15) is 4.79 Å². The van der Waals surface area contributed by atoms with Crippen molar-refractivity contribution in [1.29, 1.82) is 0 Å². The van der Waals surface area contributed by atoms with E-state index in [-0.39, 0.29) is 6.03 Å². The lowest BCUT2D eigenvalue weighted by atomic mass is 10.0. The van der Waals surface area contributed by atoms with Crippen LogP contribution in [0.4, 0.5) is 4.79 Å². The third-order valence-corrected chi connectivity index (χ3v) is 2.95. The SMILES string of the molecule is CCC(CC)CNC(=O)NOCc1ccccc1. The molecule has 0 atom stereocenters. The largest absolute Gasteiger partial charge is 0.338 e. The average Bonchev–Trinajstić information content (AvgIpc) is 2.41. The lowest BCUT2D eigenvalue weighted by Gasteiger charge is -2.13. The minimum absolute atomic E-state index is 0.280. The second-order valence-corrected chi connectivity index (χ2v) is 4.27. The monoisotopic (exact) mass is 250 g/mol. The molecule has 18 heavy (non-hydrogen) atoms. The number of urea groups is 1. The van der Waals surface area contributed by atoms with Gasteiger partial charge in [0.25, 0.3) is 0 Å². The standard InChI is InChI=1S/C14H22N2O2/c1-3-12(4-2)10-15-14(17)16-18-11-13-8-6-5-7-9-13/h5-9,12H,3-4,10-11H2,1-2H3,(H2,15,16,17). The van der Waals surface area contributed by atoms with Crippen molar-refractivity contribution in [3.8, 4) is 0 Å². The number of nitrogens with one attached hydrogen (secondary N) is 2. The summed E-state index contributed by atoms with van der Waals surface area (Å²) < 4.78 is 0. The van der Waals surface area contributed by atoms with Gasteiger partial charge in [0, 0.05) is 6.54 Å². The van der Waals surface area contributed by atoms with Gasteiger partial charge in [0.2, 0.25) is 0 Å². The van der Waals surface area contributed by atoms with Crippen molar-refractivity contribution >= 4 is 6.03 Å². The first-order valence-corrected chi connectivity index (χ1v) is 6.45. The van der Waals surface area contributed by atoms with Gasteiger partial charge in [-0.15, -0.1) is 0 Å². The number of carbonyl (C=O) groups excluding carboxylic acids is 1. The Kier molecular flexibility index (Phi) is 6.87. The molecule has 0 aliphatic carbocycles. The van der Waals surface area contributed by atoms with Gasteiger partial charge in [-0.1, -0.05) is 57.0 Å². The summed E-state index contributed by atoms with van der Waals surface area (Å²) in [6.45, 7) is 5.31. The fourth-order valence-corrected chi connectivity index (χ4v) is 1.61. The Balaban J connectivity index is 2.14. The Morgan fingerprint density at radius 3 is 2.50 bits per heavy atom. The summed E-state index contributed by atoms with van der Waals surface area (Å²) >= 11 is 0. The molecule has 1 aromatic carbocycles. The summed E-state index contributed by atoms with van der Waals surface area (Å²) in [7, 11) is 0. The summed E-state index contributed by atoms with van der Waals surface area (Å²) in [5, 5.41) is 2.80. The van der Waals surface area contributed by atoms with Gasteiger partial charge in [-0.05, 0) is 11.5 Å². The molecule has 0 fully saturated rings. The average molecular weight is 250 g/mol. The smallest absolute Gasteiger partial charge is 0.336 e. The highest BCUT2D eigenvalue weighted by molar-refractivity contribution is 5.72. The van der Waals surface area contributed by atoms with Gasteiger partial charge in [0.1, 0.15) is 0 Å². The van der Waals surface area contributed by atoms with Gasteiger partial charge in [0.15, 0.2) is 0 Å². The number of hydrogen-bond donors (Lipinski definition) is 2. The van der Waals surface area contributed by atoms with Crippen molar-refractivity contribution < 1.29 is 9.63 Å². The third-order valence-electron chi connectivity index (χ3n) is 2.95. The van der Waals surface area contributed by atoms with Crippen LogP contribution in [0.2, 0.25) is 0 Å². The maximum Gasteiger partial charge on any atom is 0.338 e. The van der Waals surface area contributed by atoms with Crippen LogP contribution in [-0.2, 0) is 11.4 Å². The number of hydrogen-bond acceptors (Lipinski definition) is 2. The third kappa shape index (κ3) is 5.68. The first-order valence-electron chi connectivity index (χ1n) is 6.45. The summed E-state index contributed by atoms with van der Waals surface area (Å²) in [6.07, 6.45) is 2.14. The topological polar surface area (TPSA) is 50.4 Å². The van der Waals surface area contributed by atoms with E-state index in [0.717, 1.165) is 18.4 Å². The van der Waals surface area contributed by atoms with Crippen molar-refractivity contribution in [2.75, 3.05) is 6.54 Å². The molecule has 0 saturated heterocycles. The number of benzene rings is 1. The van der Waals surface area contributed by atoms with Gasteiger partial charge < -0.3 is 5.32 Å². The molecule has 1 rings (SSSR count). The Morgan fingerprint density at radius 2 is 1.89 bits per heavy atom. The van der Waals surface area contributed by atoms with Crippen molar-refractivity contribution in [3.63, 3.8) is 0 Å². The van der Waals surface area contributed by atoms with Crippen molar-refractivity contribution in [1.82, 2.24) is 10.8 Å². The molecule has 4 heteroatoms. The Morgan fingerprint density at radius 1 is 1.22 bits per heavy atom. The predicted octanol–water partition coefficient (Wildman–Crippen LogP) is 2.85. The minimum Gasteiger partial charge on any atom is -0.336 e. The number of rotatable bonds is 7. The van der Waals surface area contributed by atoms with Crippen LogP contribution in [0.3, 0.4) is 0 Å². The second kappa shape index (κ2) is 8.53. The zero-order chi connectivity index (χ0) is 13.2. The highest BCUT2D eigenvalue weighted by Crippen LogP contribution is 2.04. The molecule has 4 nitrogen and oxygen atoms in total. The normalized spacial score (nSPS) is 10.4. The minimum atomic E-state index is -0.280. The molecular formula is C14H22N2O2. The molecule has 2 amide bonds. The molecule has 100 valence electrons. The van der Waals surface area contributed by atoms with Crippen LogP contribution in [-0.4, -0.2) is 12.6 Å². The molecule has 0 unspecified atom stereocenters. The number of carbonyl (C=O) groups is 1. The quantitative estimate of drug-likeness (QED) is 0.731. The Labute approximate surface area is 109 Å². The molecule has 0 aliphatic rings. The van der Waals surface area contributed by atoms with E-state index in [4.69, 9.17) is 4.84 Å². The van der Waals surface area contributed by atoms with Crippen LogP contribution in [0.5, 0.6) is 0 Å². The molecule has 0 spiro atoms. The van der Waals surface area contributed by atoms with E-state index in [1.807, 2.05) is 30.3 Å². The fourth-order valence-electron chi connectivity index (χ4n) is 1.61. The second-order valence-electron chi connectivity index (χ2n) is 4.27. The van der Waals surface area contributed by atoms with E-state index in [1.54, 1.807) is 0 Å². The van der Waals surface area contributed by atoms with Crippen LogP contribution < -0.4 is 10.8 Å². The zero-order valence-corrected chi connectivity index (χ0v) is 11.1. The molecule has 0 saturated carbocycles. The molecule has 0 heterocycles. The lowest BCUT2D eigenvalue weighted by molar-refractivity contribution is 0.0487. The van der Waals surface area contributed by atoms with Crippen LogP contribution in [0, 0.1) is 5.92 Å². The van der Waals surface area contributed by atoms with Gasteiger partial charge in [0.05, 0.1) is 6.61 Å². The predicted molar refractivity (Wildman–Crippen MR) is 71.8 cm³/mol. The Hall–Kier alpha value is -1.55. The van der Waals surface area contributed by atoms with E-state index >= 15 is 0 Å². The van der Waals surface area contributed by atoms with E-state index < -0.39 is 0 Å². The van der Waals surface area contributed by atoms with Crippen LogP contribution >= 0.6 is 0 Å². The van der Waals surface area contributed by atoms with Gasteiger partial charge in [-0.2, -0.15) is 0 Å². The van der Waals surface area contributed by atoms with E-state index in [2.05, 4.69) is 24.6 Å². The van der Waals surface area contributed by atoms with Crippen LogP contribution in [0.1, 0.15) is 32.3 Å². The highest BCUT2D eigenvalue weighted by atomic mass is 16.7. The van der Waals surface area contributed by atoms with Crippen LogP contribution in [0.25, 0.3) is 0 Å². The van der Waals surface area contributed by atoms with Gasteiger partial charge in [-0.3, -0.25) is 4.84 Å². The zero-order valence-electron chi connectivity index (χ0n) is 11.1. The maximum atomic E-state index is 11.4. The summed E-state index contributed by atoms with van der Waals surface area (Å²) in [4.78, 5) is 16.5. The van der Waals surface area contributed by atoms with Crippen molar-refractivity contribution in [3.05, 3.63) is 35.9 Å². The fraction of sp³-hybridized carbons (Fsp3) is 0.500. The molecule has 0 aliphatic heterocycles. The van der Waals surface area contributed by atoms with Crippen molar-refractivity contribution in [2.24, 2.45) is 5.92 Å². The summed E-state index contributed by atoms with van der Waals surface area (Å²) in [6, 6.07) is 9.43. The van der Waals surface area contributed by atoms with Crippen LogP contribution in [0.15, 0.2) is 30.3 Å². The first-order chi connectivity index (χ1) is 8.76. The molecule has 0 bridgehead atoms. The van der Waals surface area contributed by atoms with Crippen molar-refractivity contribution in [2.45, 2.75) is 33.3 Å². The molecule has 0 radical (unpaired) electrons. The lowest BCUT2D eigenvalue weighted by Crippen LogP contribution is -2.38.